The van der Waals surface area contributed by atoms with Crippen LogP contribution in [-0.2, 0) is 0 Å². The van der Waals surface area contributed by atoms with Gasteiger partial charge >= 0.3 is 0 Å². The van der Waals surface area contributed by atoms with Crippen molar-refractivity contribution in [2.75, 3.05) is 0 Å². The summed E-state index contributed by atoms with van der Waals surface area (Å²) in [6.45, 7) is 0. The Balaban J connectivity index is 1.10. The minimum Gasteiger partial charge on any atom is -0.456 e. The molecule has 10 aromatic carbocycles. The summed E-state index contributed by atoms with van der Waals surface area (Å²) in [7, 11) is 0. The van der Waals surface area contributed by atoms with Crippen LogP contribution in [0.15, 0.2) is 247 Å². The second-order valence-corrected chi connectivity index (χ2v) is 17.1. The first-order valence-electron chi connectivity index (χ1n) is 22.9. The molecule has 0 aliphatic rings. The Labute approximate surface area is 392 Å². The smallest absolute Gasteiger partial charge is 0.164 e. The van der Waals surface area contributed by atoms with Gasteiger partial charge in [0.15, 0.2) is 17.5 Å². The van der Waals surface area contributed by atoms with Gasteiger partial charge in [-0.25, -0.2) is 15.0 Å². The monoisotopic (exact) mass is 868 g/mol. The van der Waals surface area contributed by atoms with Gasteiger partial charge in [0.05, 0.1) is 11.0 Å². The van der Waals surface area contributed by atoms with Crippen LogP contribution in [0.5, 0.6) is 0 Å². The van der Waals surface area contributed by atoms with Gasteiger partial charge in [-0.2, -0.15) is 0 Å². The van der Waals surface area contributed by atoms with E-state index in [0.717, 1.165) is 105 Å². The van der Waals surface area contributed by atoms with Gasteiger partial charge in [0, 0.05) is 43.9 Å². The topological polar surface area (TPSA) is 56.7 Å². The lowest BCUT2D eigenvalue weighted by molar-refractivity contribution is 0.669. The minimum atomic E-state index is 0.575. The van der Waals surface area contributed by atoms with Gasteiger partial charge in [-0.1, -0.05) is 194 Å². The van der Waals surface area contributed by atoms with Crippen molar-refractivity contribution in [3.8, 4) is 84.4 Å². The van der Waals surface area contributed by atoms with Crippen LogP contribution in [0, 0.1) is 0 Å². The molecule has 0 saturated heterocycles. The van der Waals surface area contributed by atoms with Crippen LogP contribution in [0.2, 0.25) is 0 Å². The van der Waals surface area contributed by atoms with E-state index < -0.39 is 0 Å². The average Bonchev–Trinajstić information content (AvgIpc) is 3.95. The maximum Gasteiger partial charge on any atom is 0.164 e. The van der Waals surface area contributed by atoms with Gasteiger partial charge in [0.25, 0.3) is 0 Å². The van der Waals surface area contributed by atoms with Crippen LogP contribution in [0.1, 0.15) is 0 Å². The highest BCUT2D eigenvalue weighted by atomic mass is 16.3. The molecule has 0 fully saturated rings. The van der Waals surface area contributed by atoms with E-state index in [1.807, 2.05) is 36.4 Å². The Morgan fingerprint density at radius 2 is 0.838 bits per heavy atom. The van der Waals surface area contributed by atoms with Crippen molar-refractivity contribution in [3.63, 3.8) is 0 Å². The maximum absolute atomic E-state index is 6.85. The first-order chi connectivity index (χ1) is 33.7. The third-order valence-corrected chi connectivity index (χ3v) is 13.1. The lowest BCUT2D eigenvalue weighted by Crippen LogP contribution is -2.01. The second-order valence-electron chi connectivity index (χ2n) is 17.1. The third kappa shape index (κ3) is 6.76. The minimum absolute atomic E-state index is 0.575. The summed E-state index contributed by atoms with van der Waals surface area (Å²) < 4.78 is 9.21. The van der Waals surface area contributed by atoms with Gasteiger partial charge in [0.1, 0.15) is 11.2 Å². The largest absolute Gasteiger partial charge is 0.456 e. The number of para-hydroxylation sites is 2. The molecule has 68 heavy (non-hydrogen) atoms. The van der Waals surface area contributed by atoms with Crippen LogP contribution < -0.4 is 0 Å². The summed E-state index contributed by atoms with van der Waals surface area (Å²) in [6.07, 6.45) is 0. The predicted molar refractivity (Wildman–Crippen MR) is 279 cm³/mol. The summed E-state index contributed by atoms with van der Waals surface area (Å²) in [6, 6.07) is 85.2. The number of furan rings is 1. The number of hydrogen-bond donors (Lipinski definition) is 0. The molecule has 0 radical (unpaired) electrons. The molecular weight excluding hydrogens is 829 g/mol. The van der Waals surface area contributed by atoms with E-state index >= 15 is 0 Å². The quantitative estimate of drug-likeness (QED) is 0.153. The average molecular weight is 869 g/mol. The predicted octanol–water partition coefficient (Wildman–Crippen LogP) is 16.5. The Bertz CT molecular complexity index is 3940. The Morgan fingerprint density at radius 3 is 1.53 bits per heavy atom. The van der Waals surface area contributed by atoms with E-state index in [9.17, 15) is 0 Å². The number of hydrogen-bond acceptors (Lipinski definition) is 4. The highest BCUT2D eigenvalue weighted by Crippen LogP contribution is 2.45. The zero-order valence-electron chi connectivity index (χ0n) is 36.8. The molecule has 5 nitrogen and oxygen atoms in total. The van der Waals surface area contributed by atoms with Crippen molar-refractivity contribution >= 4 is 43.7 Å². The summed E-state index contributed by atoms with van der Waals surface area (Å²) >= 11 is 0. The van der Waals surface area contributed by atoms with E-state index in [1.165, 1.54) is 5.39 Å². The van der Waals surface area contributed by atoms with Crippen molar-refractivity contribution in [1.82, 2.24) is 19.5 Å². The van der Waals surface area contributed by atoms with E-state index in [-0.39, 0.29) is 0 Å². The molecule has 0 unspecified atom stereocenters. The molecule has 0 atom stereocenters. The first kappa shape index (κ1) is 39.2. The molecule has 318 valence electrons. The third-order valence-electron chi connectivity index (χ3n) is 13.1. The fraction of sp³-hybridized carbons (Fsp3) is 0. The molecule has 13 rings (SSSR count). The highest BCUT2D eigenvalue weighted by molar-refractivity contribution is 6.20. The molecule has 3 heterocycles. The van der Waals surface area contributed by atoms with Gasteiger partial charge in [0.2, 0.25) is 0 Å². The summed E-state index contributed by atoms with van der Waals surface area (Å²) in [5.74, 6) is 1.78. The number of rotatable bonds is 8. The molecule has 0 spiro atoms. The summed E-state index contributed by atoms with van der Waals surface area (Å²) in [5.41, 5.74) is 16.4. The van der Waals surface area contributed by atoms with Gasteiger partial charge < -0.3 is 8.98 Å². The molecule has 3 aromatic heterocycles. The number of nitrogens with zero attached hydrogens (tertiary/aromatic N) is 4. The molecule has 0 aliphatic heterocycles. The zero-order valence-corrected chi connectivity index (χ0v) is 36.8. The molecule has 13 aromatic rings. The number of fused-ring (bicyclic) bond motifs is 6. The fourth-order valence-electron chi connectivity index (χ4n) is 9.89. The molecule has 0 aliphatic carbocycles. The molecular formula is C63H40N4O. The van der Waals surface area contributed by atoms with Gasteiger partial charge in [-0.15, -0.1) is 0 Å². The Hall–Kier alpha value is -9.19. The van der Waals surface area contributed by atoms with Crippen LogP contribution in [0.3, 0.4) is 0 Å². The van der Waals surface area contributed by atoms with Crippen LogP contribution in [0.25, 0.3) is 128 Å². The lowest BCUT2D eigenvalue weighted by atomic mass is 9.88. The molecule has 0 saturated carbocycles. The van der Waals surface area contributed by atoms with Crippen molar-refractivity contribution < 1.29 is 4.42 Å². The molecule has 0 N–H and O–H groups in total. The standard InChI is InChI=1S/C63H40N4O/c1-6-19-41(20-7-1)45-33-35-48(42-21-8-2-9-22-42)52(37-45)46-34-36-49(54(38-46)63-65-61(43-23-10-3-11-24-43)64-62(66-63)44-25-12-4-13-26-44)51-30-18-32-58-60(51)55-39-57-53(40-59(55)68-58)50-29-16-17-31-56(50)67(57)47-27-14-5-15-28-47/h1-40H. The van der Waals surface area contributed by atoms with Crippen molar-refractivity contribution in [2.24, 2.45) is 0 Å². The van der Waals surface area contributed by atoms with Crippen molar-refractivity contribution in [3.05, 3.63) is 243 Å². The fourth-order valence-corrected chi connectivity index (χ4v) is 9.89. The van der Waals surface area contributed by atoms with Gasteiger partial charge in [-0.3, -0.25) is 0 Å². The van der Waals surface area contributed by atoms with Gasteiger partial charge in [-0.05, 0) is 93.0 Å². The second kappa shape index (κ2) is 16.4. The normalized spacial score (nSPS) is 11.5. The van der Waals surface area contributed by atoms with Crippen LogP contribution >= 0.6 is 0 Å². The Morgan fingerprint density at radius 1 is 0.279 bits per heavy atom. The van der Waals surface area contributed by atoms with Crippen LogP contribution in [0.4, 0.5) is 0 Å². The van der Waals surface area contributed by atoms with E-state index in [1.54, 1.807) is 0 Å². The highest BCUT2D eigenvalue weighted by Gasteiger charge is 2.23. The Kier molecular flexibility index (Phi) is 9.43. The van der Waals surface area contributed by atoms with Crippen molar-refractivity contribution in [1.29, 1.82) is 0 Å². The maximum atomic E-state index is 6.85. The van der Waals surface area contributed by atoms with E-state index in [0.29, 0.717) is 17.5 Å². The van der Waals surface area contributed by atoms with E-state index in [2.05, 4.69) is 211 Å². The van der Waals surface area contributed by atoms with Crippen LogP contribution in [-0.4, -0.2) is 19.5 Å². The lowest BCUT2D eigenvalue weighted by Gasteiger charge is -2.17. The van der Waals surface area contributed by atoms with E-state index in [4.69, 9.17) is 19.4 Å². The summed E-state index contributed by atoms with van der Waals surface area (Å²) in [4.78, 5) is 15.8. The SMILES string of the molecule is c1ccc(-c2ccc(-c3ccccc3)c(-c3ccc(-c4cccc5oc6cc7c8ccccc8n(-c8ccccc8)c7cc6c45)c(-c4nc(-c5ccccc5)nc(-c5ccccc5)n4)c3)c2)cc1. The molecule has 5 heteroatoms. The van der Waals surface area contributed by atoms with Crippen molar-refractivity contribution in [2.45, 2.75) is 0 Å². The number of aromatic nitrogens is 4. The zero-order chi connectivity index (χ0) is 45.0. The summed E-state index contributed by atoms with van der Waals surface area (Å²) in [5, 5.41) is 4.38. The first-order valence-corrected chi connectivity index (χ1v) is 22.9. The number of benzene rings is 10. The molecule has 0 bridgehead atoms. The molecule has 0 amide bonds.